The Bertz CT molecular complexity index is 789. The Morgan fingerprint density at radius 3 is 2.42 bits per heavy atom. The third-order valence-corrected chi connectivity index (χ3v) is 5.71. The average Bonchev–Trinajstić information content (AvgIpc) is 3.04. The van der Waals surface area contributed by atoms with Crippen molar-refractivity contribution in [2.24, 2.45) is 13.0 Å². The van der Waals surface area contributed by atoms with E-state index >= 15 is 0 Å². The quantitative estimate of drug-likeness (QED) is 0.906. The van der Waals surface area contributed by atoms with Crippen LogP contribution in [0.1, 0.15) is 49.6 Å². The van der Waals surface area contributed by atoms with Gasteiger partial charge in [-0.15, -0.1) is 0 Å². The van der Waals surface area contributed by atoms with Gasteiger partial charge in [0.15, 0.2) is 0 Å². The van der Waals surface area contributed by atoms with Crippen LogP contribution in [0.15, 0.2) is 12.1 Å². The number of fused-ring (bicyclic) bond motifs is 2. The number of aryl methyl sites for hydroxylation is 1. The number of hydrogen-bond acceptors (Lipinski definition) is 2. The molecule has 0 fully saturated rings. The third-order valence-electron chi connectivity index (χ3n) is 5.71. The lowest BCUT2D eigenvalue weighted by molar-refractivity contribution is -0.141. The number of aromatic nitrogens is 1. The Hall–Kier alpha value is -1.81. The molecule has 1 unspecified atom stereocenters. The molecule has 1 atom stereocenters. The maximum Gasteiger partial charge on any atom is 0.306 e. The minimum atomic E-state index is -0.693. The number of rotatable bonds is 5. The van der Waals surface area contributed by atoms with Crippen LogP contribution in [0.4, 0.5) is 0 Å². The summed E-state index contributed by atoms with van der Waals surface area (Å²) in [4.78, 5) is 14.0. The van der Waals surface area contributed by atoms with Crippen LogP contribution in [0.3, 0.4) is 0 Å². The lowest BCUT2D eigenvalue weighted by Gasteiger charge is -2.18. The van der Waals surface area contributed by atoms with E-state index in [1.807, 2.05) is 6.92 Å². The molecule has 1 aromatic heterocycles. The molecule has 3 rings (SSSR count). The highest BCUT2D eigenvalue weighted by Gasteiger charge is 2.25. The maximum absolute atomic E-state index is 11.5. The molecule has 130 valence electrons. The average molecular weight is 328 g/mol. The summed E-state index contributed by atoms with van der Waals surface area (Å²) >= 11 is 0. The minimum absolute atomic E-state index is 0.310. The predicted molar refractivity (Wildman–Crippen MR) is 97.2 cm³/mol. The molecule has 0 spiro atoms. The molecule has 0 amide bonds. The van der Waals surface area contributed by atoms with E-state index in [4.69, 9.17) is 0 Å². The molecular weight excluding hydrogens is 300 g/mol. The fourth-order valence-corrected chi connectivity index (χ4v) is 3.84. The zero-order chi connectivity index (χ0) is 17.6. The summed E-state index contributed by atoms with van der Waals surface area (Å²) in [6, 6.07) is 5.16. The molecule has 2 aromatic rings. The fourth-order valence-electron chi connectivity index (χ4n) is 3.84. The van der Waals surface area contributed by atoms with Crippen LogP contribution in [0, 0.1) is 12.8 Å². The highest BCUT2D eigenvalue weighted by molar-refractivity contribution is 5.88. The second kappa shape index (κ2) is 6.25. The van der Waals surface area contributed by atoms with Crippen molar-refractivity contribution in [2.75, 3.05) is 0 Å². The van der Waals surface area contributed by atoms with Crippen LogP contribution in [0.2, 0.25) is 0 Å². The van der Waals surface area contributed by atoms with Crippen molar-refractivity contribution in [3.05, 3.63) is 34.5 Å². The van der Waals surface area contributed by atoms with E-state index < -0.39 is 5.97 Å². The van der Waals surface area contributed by atoms with Crippen LogP contribution in [-0.4, -0.2) is 26.6 Å². The van der Waals surface area contributed by atoms with E-state index in [9.17, 15) is 9.90 Å². The Morgan fingerprint density at radius 1 is 1.25 bits per heavy atom. The van der Waals surface area contributed by atoms with Gasteiger partial charge in [0, 0.05) is 42.8 Å². The van der Waals surface area contributed by atoms with Crippen molar-refractivity contribution >= 4 is 16.9 Å². The lowest BCUT2D eigenvalue weighted by atomic mass is 9.94. The van der Waals surface area contributed by atoms with Crippen LogP contribution in [0.25, 0.3) is 10.9 Å². The molecule has 1 aliphatic rings. The fraction of sp³-hybridized carbons (Fsp3) is 0.550. The molecule has 0 radical (unpaired) electrons. The molecule has 0 aliphatic carbocycles. The summed E-state index contributed by atoms with van der Waals surface area (Å²) in [5, 5.41) is 10.7. The number of carboxylic acids is 1. The highest BCUT2D eigenvalue weighted by atomic mass is 16.4. The first-order valence-electron chi connectivity index (χ1n) is 8.90. The van der Waals surface area contributed by atoms with E-state index in [1.54, 1.807) is 0 Å². The molecule has 4 nitrogen and oxygen atoms in total. The second-order valence-electron chi connectivity index (χ2n) is 7.41. The van der Waals surface area contributed by atoms with E-state index in [1.165, 1.54) is 33.3 Å². The van der Waals surface area contributed by atoms with Gasteiger partial charge in [-0.3, -0.25) is 9.69 Å². The molecule has 1 aliphatic heterocycles. The van der Waals surface area contributed by atoms with Crippen LogP contribution in [0.5, 0.6) is 0 Å². The Labute approximate surface area is 144 Å². The summed E-state index contributed by atoms with van der Waals surface area (Å²) < 4.78 is 2.22. The Kier molecular flexibility index (Phi) is 4.43. The largest absolute Gasteiger partial charge is 0.481 e. The number of carboxylic acid groups (broad SMARTS) is 1. The predicted octanol–water partition coefficient (Wildman–Crippen LogP) is 3.86. The van der Waals surface area contributed by atoms with Crippen molar-refractivity contribution in [1.29, 1.82) is 0 Å². The topological polar surface area (TPSA) is 45.5 Å². The number of aliphatic carboxylic acids is 1. The highest BCUT2D eigenvalue weighted by Crippen LogP contribution is 2.34. The molecule has 1 N–H and O–H groups in total. The first kappa shape index (κ1) is 17.0. The first-order chi connectivity index (χ1) is 11.3. The van der Waals surface area contributed by atoms with E-state index in [2.05, 4.69) is 49.4 Å². The monoisotopic (exact) mass is 328 g/mol. The SMILES string of the molecule is CCC(Cc1c(C)n(C)c2cc3c(cc12)CN(C(C)C)C3)C(=O)O. The second-order valence-corrected chi connectivity index (χ2v) is 7.41. The van der Waals surface area contributed by atoms with Gasteiger partial charge in [-0.2, -0.15) is 0 Å². The van der Waals surface area contributed by atoms with E-state index in [0.717, 1.165) is 13.1 Å². The van der Waals surface area contributed by atoms with Crippen LogP contribution >= 0.6 is 0 Å². The van der Waals surface area contributed by atoms with Crippen molar-refractivity contribution in [2.45, 2.75) is 59.7 Å². The summed E-state index contributed by atoms with van der Waals surface area (Å²) in [7, 11) is 2.09. The molecule has 0 saturated carbocycles. The maximum atomic E-state index is 11.5. The Balaban J connectivity index is 2.07. The molecule has 1 aromatic carbocycles. The van der Waals surface area contributed by atoms with Gasteiger partial charge in [0.2, 0.25) is 0 Å². The lowest BCUT2D eigenvalue weighted by Crippen LogP contribution is -2.24. The summed E-state index contributed by atoms with van der Waals surface area (Å²) in [5.74, 6) is -1.00. The normalized spacial score (nSPS) is 16.1. The number of benzene rings is 1. The van der Waals surface area contributed by atoms with Crippen molar-refractivity contribution < 1.29 is 9.90 Å². The van der Waals surface area contributed by atoms with Gasteiger partial charge in [0.25, 0.3) is 0 Å². The van der Waals surface area contributed by atoms with Gasteiger partial charge < -0.3 is 9.67 Å². The Morgan fingerprint density at radius 2 is 1.88 bits per heavy atom. The first-order valence-corrected chi connectivity index (χ1v) is 8.90. The number of hydrogen-bond donors (Lipinski definition) is 1. The van der Waals surface area contributed by atoms with Gasteiger partial charge in [-0.1, -0.05) is 6.92 Å². The van der Waals surface area contributed by atoms with Gasteiger partial charge in [-0.05, 0) is 62.4 Å². The van der Waals surface area contributed by atoms with E-state index in [-0.39, 0.29) is 5.92 Å². The minimum Gasteiger partial charge on any atom is -0.481 e. The standard InChI is InChI=1S/C20H28N2O2/c1-6-14(20(23)24)7-17-13(4)21(5)19-9-16-11-22(12(2)3)10-15(16)8-18(17)19/h8-9,12,14H,6-7,10-11H2,1-5H3,(H,23,24). The number of carbonyl (C=O) groups is 1. The van der Waals surface area contributed by atoms with Gasteiger partial charge >= 0.3 is 5.97 Å². The van der Waals surface area contributed by atoms with Crippen molar-refractivity contribution in [3.63, 3.8) is 0 Å². The van der Waals surface area contributed by atoms with Crippen molar-refractivity contribution in [1.82, 2.24) is 9.47 Å². The molecular formula is C20H28N2O2. The van der Waals surface area contributed by atoms with Crippen LogP contribution in [-0.2, 0) is 31.4 Å². The summed E-state index contributed by atoms with van der Waals surface area (Å²) in [6.07, 6.45) is 1.28. The summed E-state index contributed by atoms with van der Waals surface area (Å²) in [6.45, 7) is 10.5. The smallest absolute Gasteiger partial charge is 0.306 e. The molecule has 2 heterocycles. The molecule has 4 heteroatoms. The molecule has 24 heavy (non-hydrogen) atoms. The van der Waals surface area contributed by atoms with Gasteiger partial charge in [-0.25, -0.2) is 0 Å². The number of nitrogens with zero attached hydrogens (tertiary/aromatic N) is 2. The zero-order valence-corrected chi connectivity index (χ0v) is 15.4. The zero-order valence-electron chi connectivity index (χ0n) is 15.4. The molecule has 0 bridgehead atoms. The van der Waals surface area contributed by atoms with Crippen molar-refractivity contribution in [3.8, 4) is 0 Å². The van der Waals surface area contributed by atoms with Gasteiger partial charge in [0.1, 0.15) is 0 Å². The van der Waals surface area contributed by atoms with Crippen LogP contribution < -0.4 is 0 Å². The van der Waals surface area contributed by atoms with Gasteiger partial charge in [0.05, 0.1) is 5.92 Å². The summed E-state index contributed by atoms with van der Waals surface area (Å²) in [5.41, 5.74) is 6.42. The third kappa shape index (κ3) is 2.73. The van der Waals surface area contributed by atoms with E-state index in [0.29, 0.717) is 18.9 Å². The molecule has 0 saturated heterocycles.